The van der Waals surface area contributed by atoms with E-state index in [1.807, 2.05) is 11.3 Å². The molecule has 1 aromatic heterocycles. The lowest BCUT2D eigenvalue weighted by Crippen LogP contribution is -2.11. The highest BCUT2D eigenvalue weighted by atomic mass is 32.1. The SMILES string of the molecule is CC(C)c1cc2c(N(c3ccccc3)c3ccccc3)ccc3c(C(C)C)cc4c(-c5ccc6sc7cc8c9ccccc9c9ccccc9c8cc7c6c5)ccc1c4c32. The van der Waals surface area contributed by atoms with E-state index in [1.165, 1.54) is 113 Å². The first-order valence-corrected chi connectivity index (χ1v) is 22.1. The Labute approximate surface area is 354 Å². The molecule has 0 aliphatic rings. The van der Waals surface area contributed by atoms with Gasteiger partial charge < -0.3 is 4.90 Å². The van der Waals surface area contributed by atoms with Crippen LogP contribution in [0.5, 0.6) is 0 Å². The number of hydrogen-bond donors (Lipinski definition) is 0. The maximum atomic E-state index is 2.53. The predicted molar refractivity (Wildman–Crippen MR) is 264 cm³/mol. The lowest BCUT2D eigenvalue weighted by molar-refractivity contribution is 0.876. The number of thiophene rings is 1. The lowest BCUT2D eigenvalue weighted by Gasteiger charge is -2.29. The summed E-state index contributed by atoms with van der Waals surface area (Å²) in [6, 6.07) is 66.3. The average Bonchev–Trinajstić information content (AvgIpc) is 3.65. The van der Waals surface area contributed by atoms with E-state index in [2.05, 4.69) is 209 Å². The third-order valence-corrected chi connectivity index (χ3v) is 14.2. The molecule has 0 N–H and O–H groups in total. The van der Waals surface area contributed by atoms with Gasteiger partial charge in [0, 0.05) is 36.9 Å². The van der Waals surface area contributed by atoms with Gasteiger partial charge in [-0.2, -0.15) is 0 Å². The lowest BCUT2D eigenvalue weighted by atomic mass is 9.81. The second-order valence-electron chi connectivity index (χ2n) is 17.2. The van der Waals surface area contributed by atoms with Gasteiger partial charge in [-0.1, -0.05) is 137 Å². The molecule has 1 heterocycles. The first kappa shape index (κ1) is 35.2. The molecule has 60 heavy (non-hydrogen) atoms. The van der Waals surface area contributed by atoms with E-state index in [9.17, 15) is 0 Å². The summed E-state index contributed by atoms with van der Waals surface area (Å²) in [6.45, 7) is 9.38. The third-order valence-electron chi connectivity index (χ3n) is 13.1. The number of hydrogen-bond acceptors (Lipinski definition) is 2. The zero-order valence-corrected chi connectivity index (χ0v) is 35.1. The molecule has 0 saturated carbocycles. The number of rotatable bonds is 6. The van der Waals surface area contributed by atoms with Gasteiger partial charge in [0.1, 0.15) is 0 Å². The molecule has 12 aromatic rings. The van der Waals surface area contributed by atoms with E-state index >= 15 is 0 Å². The summed E-state index contributed by atoms with van der Waals surface area (Å²) >= 11 is 1.91. The standard InChI is InChI=1S/C58H43NS/c1-34(2)46-30-52-39(36-23-28-55-50(29-36)51-32-48-42-21-13-11-19-40(42)41-20-12-14-22-43(41)49(48)33-56(51)60-55)24-25-44-47(35(3)4)31-53-54(27-26-45(46)58(53)57(44)52)59(37-15-7-5-8-16-37)38-17-9-6-10-18-38/h5-35H,1-4H3. The van der Waals surface area contributed by atoms with Crippen LogP contribution in [0.1, 0.15) is 50.7 Å². The van der Waals surface area contributed by atoms with Crippen molar-refractivity contribution in [3.63, 3.8) is 0 Å². The van der Waals surface area contributed by atoms with Gasteiger partial charge in [0.2, 0.25) is 0 Å². The molecule has 0 radical (unpaired) electrons. The molecule has 0 bridgehead atoms. The van der Waals surface area contributed by atoms with E-state index < -0.39 is 0 Å². The van der Waals surface area contributed by atoms with E-state index in [-0.39, 0.29) is 0 Å². The highest BCUT2D eigenvalue weighted by Crippen LogP contribution is 2.50. The summed E-state index contributed by atoms with van der Waals surface area (Å²) in [5, 5.41) is 18.6. The van der Waals surface area contributed by atoms with Crippen LogP contribution in [0.3, 0.4) is 0 Å². The molecule has 0 amide bonds. The summed E-state index contributed by atoms with van der Waals surface area (Å²) in [5.41, 5.74) is 8.84. The van der Waals surface area contributed by atoms with Crippen LogP contribution in [0, 0.1) is 0 Å². The van der Waals surface area contributed by atoms with Gasteiger partial charge in [-0.05, 0) is 160 Å². The minimum Gasteiger partial charge on any atom is -0.310 e. The Morgan fingerprint density at radius 3 is 1.45 bits per heavy atom. The summed E-state index contributed by atoms with van der Waals surface area (Å²) in [5.74, 6) is 0.695. The largest absolute Gasteiger partial charge is 0.310 e. The topological polar surface area (TPSA) is 3.24 Å². The Morgan fingerprint density at radius 2 is 0.850 bits per heavy atom. The molecule has 2 heteroatoms. The van der Waals surface area contributed by atoms with E-state index in [0.29, 0.717) is 11.8 Å². The Balaban J connectivity index is 1.15. The van der Waals surface area contributed by atoms with Crippen LogP contribution in [-0.4, -0.2) is 0 Å². The van der Waals surface area contributed by atoms with Crippen molar-refractivity contribution >= 4 is 113 Å². The van der Waals surface area contributed by atoms with Crippen LogP contribution < -0.4 is 4.90 Å². The number of nitrogens with zero attached hydrogens (tertiary/aromatic N) is 1. The maximum absolute atomic E-state index is 2.53. The van der Waals surface area contributed by atoms with Crippen molar-refractivity contribution in [3.05, 3.63) is 187 Å². The molecule has 0 spiro atoms. The first-order chi connectivity index (χ1) is 29.4. The van der Waals surface area contributed by atoms with Crippen molar-refractivity contribution in [2.75, 3.05) is 4.90 Å². The van der Waals surface area contributed by atoms with Crippen LogP contribution >= 0.6 is 11.3 Å². The second kappa shape index (κ2) is 13.4. The molecule has 0 unspecified atom stereocenters. The fourth-order valence-electron chi connectivity index (χ4n) is 10.3. The zero-order chi connectivity index (χ0) is 40.2. The third kappa shape index (κ3) is 5.17. The van der Waals surface area contributed by atoms with E-state index in [1.54, 1.807) is 0 Å². The molecule has 0 aliphatic carbocycles. The van der Waals surface area contributed by atoms with Crippen LogP contribution in [0.4, 0.5) is 17.1 Å². The van der Waals surface area contributed by atoms with Crippen molar-refractivity contribution in [2.24, 2.45) is 0 Å². The molecule has 0 aliphatic heterocycles. The Bertz CT molecular complexity index is 3610. The van der Waals surface area contributed by atoms with Gasteiger partial charge in [-0.3, -0.25) is 0 Å². The summed E-state index contributed by atoms with van der Waals surface area (Å²) in [7, 11) is 0. The van der Waals surface area contributed by atoms with Crippen molar-refractivity contribution in [3.8, 4) is 11.1 Å². The Morgan fingerprint density at radius 1 is 0.350 bits per heavy atom. The first-order valence-electron chi connectivity index (χ1n) is 21.3. The van der Waals surface area contributed by atoms with Crippen LogP contribution in [0.2, 0.25) is 0 Å². The number of para-hydroxylation sites is 2. The Kier molecular flexibility index (Phi) is 7.86. The summed E-state index contributed by atoms with van der Waals surface area (Å²) < 4.78 is 2.66. The van der Waals surface area contributed by atoms with Crippen molar-refractivity contribution in [1.82, 2.24) is 0 Å². The van der Waals surface area contributed by atoms with Crippen LogP contribution in [0.15, 0.2) is 176 Å². The van der Waals surface area contributed by atoms with Gasteiger partial charge in [0.15, 0.2) is 0 Å². The quantitative estimate of drug-likeness (QED) is 0.152. The summed E-state index contributed by atoms with van der Waals surface area (Å²) in [4.78, 5) is 2.44. The van der Waals surface area contributed by atoms with Crippen molar-refractivity contribution in [1.29, 1.82) is 0 Å². The average molecular weight is 786 g/mol. The Hall–Kier alpha value is -6.74. The molecule has 0 saturated heterocycles. The van der Waals surface area contributed by atoms with E-state index in [4.69, 9.17) is 0 Å². The van der Waals surface area contributed by atoms with Crippen LogP contribution in [-0.2, 0) is 0 Å². The maximum Gasteiger partial charge on any atom is 0.0540 e. The minimum absolute atomic E-state index is 0.346. The normalized spacial score (nSPS) is 12.3. The number of benzene rings is 11. The van der Waals surface area contributed by atoms with Gasteiger partial charge in [0.05, 0.1) is 5.69 Å². The smallest absolute Gasteiger partial charge is 0.0540 e. The fraction of sp³-hybridized carbons (Fsp3) is 0.103. The summed E-state index contributed by atoms with van der Waals surface area (Å²) in [6.07, 6.45) is 0. The van der Waals surface area contributed by atoms with Crippen LogP contribution in [0.25, 0.3) is 95.9 Å². The minimum atomic E-state index is 0.346. The molecular formula is C58H43NS. The predicted octanol–water partition coefficient (Wildman–Crippen LogP) is 17.8. The highest BCUT2D eigenvalue weighted by Gasteiger charge is 2.24. The van der Waals surface area contributed by atoms with Gasteiger partial charge >= 0.3 is 0 Å². The van der Waals surface area contributed by atoms with Gasteiger partial charge in [0.25, 0.3) is 0 Å². The highest BCUT2D eigenvalue weighted by molar-refractivity contribution is 7.25. The molecular weight excluding hydrogens is 743 g/mol. The number of fused-ring (bicyclic) bond motifs is 9. The monoisotopic (exact) mass is 785 g/mol. The van der Waals surface area contributed by atoms with Crippen molar-refractivity contribution in [2.45, 2.75) is 39.5 Å². The molecule has 0 fully saturated rings. The van der Waals surface area contributed by atoms with Gasteiger partial charge in [-0.25, -0.2) is 0 Å². The van der Waals surface area contributed by atoms with Crippen molar-refractivity contribution < 1.29 is 0 Å². The van der Waals surface area contributed by atoms with E-state index in [0.717, 1.165) is 11.4 Å². The molecule has 1 nitrogen and oxygen atoms in total. The second-order valence-corrected chi connectivity index (χ2v) is 18.3. The zero-order valence-electron chi connectivity index (χ0n) is 34.3. The fourth-order valence-corrected chi connectivity index (χ4v) is 11.4. The molecule has 12 rings (SSSR count). The number of anilines is 3. The molecule has 11 aromatic carbocycles. The molecule has 0 atom stereocenters. The van der Waals surface area contributed by atoms with Gasteiger partial charge in [-0.15, -0.1) is 11.3 Å². The molecule has 286 valence electrons.